The van der Waals surface area contributed by atoms with E-state index < -0.39 is 11.2 Å². The van der Waals surface area contributed by atoms with Gasteiger partial charge in [0.2, 0.25) is 0 Å². The van der Waals surface area contributed by atoms with Gasteiger partial charge in [0, 0.05) is 43.1 Å². The van der Waals surface area contributed by atoms with Crippen LogP contribution in [-0.2, 0) is 6.54 Å². The van der Waals surface area contributed by atoms with Gasteiger partial charge in [0.15, 0.2) is 11.5 Å². The van der Waals surface area contributed by atoms with Crippen molar-refractivity contribution in [1.82, 2.24) is 14.5 Å². The van der Waals surface area contributed by atoms with Gasteiger partial charge in [-0.1, -0.05) is 6.07 Å². The van der Waals surface area contributed by atoms with E-state index in [1.165, 1.54) is 19.8 Å². The highest BCUT2D eigenvalue weighted by Crippen LogP contribution is 2.46. The zero-order valence-electron chi connectivity index (χ0n) is 20.3. The number of hydrogen-bond acceptors (Lipinski definition) is 7. The van der Waals surface area contributed by atoms with Crippen LogP contribution in [0.15, 0.2) is 39.9 Å². The molecule has 0 unspecified atom stereocenters. The Hall–Kier alpha value is -3.46. The fourth-order valence-electron chi connectivity index (χ4n) is 5.47. The van der Waals surface area contributed by atoms with E-state index in [1.807, 2.05) is 18.2 Å². The molecule has 186 valence electrons. The third-order valence-corrected chi connectivity index (χ3v) is 7.20. The molecule has 1 aromatic heterocycles. The van der Waals surface area contributed by atoms with Crippen LogP contribution in [0.5, 0.6) is 23.0 Å². The SMILES string of the molecule is COc1cc2c(=O)[nH]c(=O)n(CCCCN3C[C@@H]4COc5cccc(OC)c5[C@@H]4C3)c2cc1OC. The van der Waals surface area contributed by atoms with Crippen molar-refractivity contribution in [2.24, 2.45) is 5.92 Å². The second-order valence-electron chi connectivity index (χ2n) is 9.15. The third-order valence-electron chi connectivity index (χ3n) is 7.20. The standard InChI is InChI=1S/C26H31N3O6/c1-32-20-7-6-8-21-24(20)18-14-28(13-16(18)15-35-21)9-4-5-10-29-19-12-23(34-3)22(33-2)11-17(19)25(30)27-26(29)31/h6-8,11-12,16,18H,4-5,9-10,13-15H2,1-3H3,(H,27,30,31)/t16-,18-/m1/s1. The van der Waals surface area contributed by atoms with Gasteiger partial charge in [-0.15, -0.1) is 0 Å². The molecule has 3 aromatic rings. The lowest BCUT2D eigenvalue weighted by molar-refractivity contribution is 0.209. The first-order chi connectivity index (χ1) is 17.0. The van der Waals surface area contributed by atoms with Crippen molar-refractivity contribution in [2.45, 2.75) is 25.3 Å². The Labute approximate surface area is 203 Å². The normalized spacial score (nSPS) is 19.2. The Kier molecular flexibility index (Phi) is 6.42. The Bertz CT molecular complexity index is 1330. The number of ether oxygens (including phenoxy) is 4. The van der Waals surface area contributed by atoms with Crippen LogP contribution in [0.25, 0.3) is 10.9 Å². The highest BCUT2D eigenvalue weighted by molar-refractivity contribution is 5.82. The summed E-state index contributed by atoms with van der Waals surface area (Å²) in [6, 6.07) is 9.31. The maximum absolute atomic E-state index is 12.6. The highest BCUT2D eigenvalue weighted by Gasteiger charge is 2.40. The maximum atomic E-state index is 12.6. The van der Waals surface area contributed by atoms with E-state index >= 15 is 0 Å². The Morgan fingerprint density at radius 1 is 0.971 bits per heavy atom. The number of rotatable bonds is 8. The largest absolute Gasteiger partial charge is 0.496 e. The quantitative estimate of drug-likeness (QED) is 0.494. The summed E-state index contributed by atoms with van der Waals surface area (Å²) in [5.41, 5.74) is 0.886. The molecule has 1 fully saturated rings. The van der Waals surface area contributed by atoms with Crippen LogP contribution in [0.2, 0.25) is 0 Å². The fourth-order valence-corrected chi connectivity index (χ4v) is 5.47. The second kappa shape index (κ2) is 9.65. The Morgan fingerprint density at radius 3 is 2.49 bits per heavy atom. The van der Waals surface area contributed by atoms with Gasteiger partial charge in [-0.2, -0.15) is 0 Å². The van der Waals surface area contributed by atoms with Crippen molar-refractivity contribution >= 4 is 10.9 Å². The molecule has 0 bridgehead atoms. The average Bonchev–Trinajstić information content (AvgIpc) is 3.30. The predicted octanol–water partition coefficient (Wildman–Crippen LogP) is 2.60. The summed E-state index contributed by atoms with van der Waals surface area (Å²) in [4.78, 5) is 29.9. The number of aromatic nitrogens is 2. The fraction of sp³-hybridized carbons (Fsp3) is 0.462. The lowest BCUT2D eigenvalue weighted by atomic mass is 9.86. The molecule has 9 nitrogen and oxygen atoms in total. The van der Waals surface area contributed by atoms with Crippen LogP contribution in [0.4, 0.5) is 0 Å². The minimum Gasteiger partial charge on any atom is -0.496 e. The minimum atomic E-state index is -0.431. The molecule has 0 aliphatic carbocycles. The van der Waals surface area contributed by atoms with Gasteiger partial charge in [-0.3, -0.25) is 14.3 Å². The van der Waals surface area contributed by atoms with E-state index in [0.717, 1.165) is 50.6 Å². The van der Waals surface area contributed by atoms with Crippen LogP contribution in [0.3, 0.4) is 0 Å². The van der Waals surface area contributed by atoms with Crippen LogP contribution < -0.4 is 30.2 Å². The Balaban J connectivity index is 1.27. The summed E-state index contributed by atoms with van der Waals surface area (Å²) in [6.45, 7) is 4.12. The first-order valence-corrected chi connectivity index (χ1v) is 11.9. The molecule has 5 rings (SSSR count). The van der Waals surface area contributed by atoms with E-state index in [0.29, 0.717) is 40.8 Å². The van der Waals surface area contributed by atoms with Crippen molar-refractivity contribution in [3.63, 3.8) is 0 Å². The zero-order chi connectivity index (χ0) is 24.5. The molecule has 2 aliphatic heterocycles. The number of likely N-dealkylation sites (tertiary alicyclic amines) is 1. The third kappa shape index (κ3) is 4.25. The van der Waals surface area contributed by atoms with Crippen LogP contribution in [-0.4, -0.2) is 62.0 Å². The number of methoxy groups -OCH3 is 3. The number of hydrogen-bond donors (Lipinski definition) is 1. The number of unbranched alkanes of at least 4 members (excludes halogenated alkanes) is 1. The number of aromatic amines is 1. The number of nitrogens with zero attached hydrogens (tertiary/aromatic N) is 2. The summed E-state index contributed by atoms with van der Waals surface area (Å²) in [6.07, 6.45) is 1.73. The molecule has 0 amide bonds. The van der Waals surface area contributed by atoms with E-state index in [1.54, 1.807) is 23.8 Å². The van der Waals surface area contributed by atoms with E-state index in [4.69, 9.17) is 18.9 Å². The van der Waals surface area contributed by atoms with E-state index in [2.05, 4.69) is 9.88 Å². The van der Waals surface area contributed by atoms with Crippen LogP contribution in [0, 0.1) is 5.92 Å². The summed E-state index contributed by atoms with van der Waals surface area (Å²) < 4.78 is 23.9. The predicted molar refractivity (Wildman–Crippen MR) is 132 cm³/mol. The summed E-state index contributed by atoms with van der Waals surface area (Å²) in [5.74, 6) is 3.62. The van der Waals surface area contributed by atoms with Crippen molar-refractivity contribution in [2.75, 3.05) is 47.6 Å². The number of benzene rings is 2. The van der Waals surface area contributed by atoms with Gasteiger partial charge in [0.1, 0.15) is 11.5 Å². The van der Waals surface area contributed by atoms with Crippen molar-refractivity contribution in [3.05, 3.63) is 56.7 Å². The molecule has 1 saturated heterocycles. The molecule has 0 spiro atoms. The number of H-pyrrole nitrogens is 1. The molecule has 2 atom stereocenters. The van der Waals surface area contributed by atoms with Crippen molar-refractivity contribution in [3.8, 4) is 23.0 Å². The first-order valence-electron chi connectivity index (χ1n) is 11.9. The number of nitrogens with one attached hydrogen (secondary N) is 1. The lowest BCUT2D eigenvalue weighted by Crippen LogP contribution is -2.31. The molecule has 1 N–H and O–H groups in total. The molecular formula is C26H31N3O6. The van der Waals surface area contributed by atoms with Crippen LogP contribution >= 0.6 is 0 Å². The van der Waals surface area contributed by atoms with Gasteiger partial charge < -0.3 is 23.8 Å². The van der Waals surface area contributed by atoms with Crippen LogP contribution in [0.1, 0.15) is 24.3 Å². The summed E-state index contributed by atoms with van der Waals surface area (Å²) in [5, 5.41) is 0.401. The molecule has 3 heterocycles. The minimum absolute atomic E-state index is 0.401. The van der Waals surface area contributed by atoms with E-state index in [9.17, 15) is 9.59 Å². The lowest BCUT2D eigenvalue weighted by Gasteiger charge is -2.29. The molecule has 0 saturated carbocycles. The zero-order valence-corrected chi connectivity index (χ0v) is 20.3. The maximum Gasteiger partial charge on any atom is 0.328 e. The first kappa shape index (κ1) is 23.3. The number of fused-ring (bicyclic) bond motifs is 4. The Morgan fingerprint density at radius 2 is 1.71 bits per heavy atom. The van der Waals surface area contributed by atoms with E-state index in [-0.39, 0.29) is 0 Å². The highest BCUT2D eigenvalue weighted by atomic mass is 16.5. The molecule has 0 radical (unpaired) electrons. The molecular weight excluding hydrogens is 450 g/mol. The van der Waals surface area contributed by atoms with Gasteiger partial charge >= 0.3 is 5.69 Å². The smallest absolute Gasteiger partial charge is 0.328 e. The summed E-state index contributed by atoms with van der Waals surface area (Å²) in [7, 11) is 4.76. The molecule has 2 aliphatic rings. The topological polar surface area (TPSA) is 95.0 Å². The van der Waals surface area contributed by atoms with Crippen molar-refractivity contribution < 1.29 is 18.9 Å². The van der Waals surface area contributed by atoms with Gasteiger partial charge in [0.25, 0.3) is 5.56 Å². The van der Waals surface area contributed by atoms with Crippen molar-refractivity contribution in [1.29, 1.82) is 0 Å². The molecule has 35 heavy (non-hydrogen) atoms. The second-order valence-corrected chi connectivity index (χ2v) is 9.15. The number of aryl methyl sites for hydroxylation is 1. The van der Waals surface area contributed by atoms with Gasteiger partial charge in [-0.05, 0) is 37.6 Å². The summed E-state index contributed by atoms with van der Waals surface area (Å²) >= 11 is 0. The molecule has 2 aromatic carbocycles. The average molecular weight is 482 g/mol. The van der Waals surface area contributed by atoms with Gasteiger partial charge in [0.05, 0.1) is 38.8 Å². The molecule has 9 heteroatoms. The monoisotopic (exact) mass is 481 g/mol. The van der Waals surface area contributed by atoms with Gasteiger partial charge in [-0.25, -0.2) is 4.79 Å².